The number of nitro groups is 1. The zero-order valence-corrected chi connectivity index (χ0v) is 11.6. The van der Waals surface area contributed by atoms with Crippen molar-refractivity contribution in [3.8, 4) is 6.07 Å². The van der Waals surface area contributed by atoms with Gasteiger partial charge in [-0.2, -0.15) is 5.26 Å². The van der Waals surface area contributed by atoms with E-state index in [2.05, 4.69) is 12.2 Å². The molecule has 1 aliphatic heterocycles. The van der Waals surface area contributed by atoms with Crippen molar-refractivity contribution < 1.29 is 9.82 Å². The average Bonchev–Trinajstić information content (AvgIpc) is 2.48. The first-order chi connectivity index (χ1) is 9.63. The maximum absolute atomic E-state index is 10.7. The Labute approximate surface area is 118 Å². The van der Waals surface area contributed by atoms with E-state index in [1.807, 2.05) is 6.07 Å². The summed E-state index contributed by atoms with van der Waals surface area (Å²) in [6.07, 6.45) is 2.12. The van der Waals surface area contributed by atoms with Gasteiger partial charge in [0.15, 0.2) is 0 Å². The van der Waals surface area contributed by atoms with Crippen molar-refractivity contribution in [3.63, 3.8) is 0 Å². The number of nitrogens with zero attached hydrogens (tertiary/aromatic N) is 2. The predicted octanol–water partition coefficient (Wildman–Crippen LogP) is 0.946. The number of benzene rings is 1. The summed E-state index contributed by atoms with van der Waals surface area (Å²) in [6.45, 7) is 5.59. The number of piperidine rings is 1. The smallest absolute Gasteiger partial charge is 0.270 e. The van der Waals surface area contributed by atoms with Gasteiger partial charge in [-0.3, -0.25) is 10.1 Å². The Morgan fingerprint density at radius 2 is 2.20 bits per heavy atom. The van der Waals surface area contributed by atoms with Crippen molar-refractivity contribution in [3.05, 3.63) is 33.9 Å². The minimum absolute atomic E-state index is 0.0441. The molecule has 1 aromatic carbocycles. The van der Waals surface area contributed by atoms with Gasteiger partial charge in [0.05, 0.1) is 35.8 Å². The molecule has 0 bridgehead atoms. The van der Waals surface area contributed by atoms with E-state index in [0.717, 1.165) is 32.5 Å². The summed E-state index contributed by atoms with van der Waals surface area (Å²) < 4.78 is 0. The number of anilines is 1. The van der Waals surface area contributed by atoms with Gasteiger partial charge in [-0.25, -0.2) is 0 Å². The normalized spacial score (nSPS) is 22.0. The Morgan fingerprint density at radius 1 is 1.50 bits per heavy atom. The molecule has 0 aromatic heterocycles. The molecule has 0 aliphatic carbocycles. The largest absolute Gasteiger partial charge is 0.381 e. The summed E-state index contributed by atoms with van der Waals surface area (Å²) in [5.74, 6) is 0. The minimum atomic E-state index is -0.478. The molecule has 1 fully saturated rings. The van der Waals surface area contributed by atoms with Crippen LogP contribution in [-0.4, -0.2) is 30.6 Å². The number of non-ortho nitro benzene ring substituents is 1. The molecule has 0 unspecified atom stereocenters. The first-order valence-corrected chi connectivity index (χ1v) is 6.92. The van der Waals surface area contributed by atoms with Gasteiger partial charge < -0.3 is 10.2 Å². The molecule has 106 valence electrons. The third-order valence-electron chi connectivity index (χ3n) is 3.89. The maximum Gasteiger partial charge on any atom is 0.270 e. The van der Waals surface area contributed by atoms with Crippen molar-refractivity contribution in [2.45, 2.75) is 25.8 Å². The van der Waals surface area contributed by atoms with Crippen molar-refractivity contribution >= 4 is 11.4 Å². The molecule has 1 aliphatic rings. The van der Waals surface area contributed by atoms with Gasteiger partial charge >= 0.3 is 0 Å². The van der Waals surface area contributed by atoms with Crippen LogP contribution in [0.1, 0.15) is 25.3 Å². The molecule has 1 aromatic rings. The lowest BCUT2D eigenvalue weighted by atomic mass is 10.0. The summed E-state index contributed by atoms with van der Waals surface area (Å²) in [6, 6.07) is 6.78. The van der Waals surface area contributed by atoms with Gasteiger partial charge in [0.1, 0.15) is 6.07 Å². The van der Waals surface area contributed by atoms with E-state index in [-0.39, 0.29) is 5.69 Å². The van der Waals surface area contributed by atoms with Crippen LogP contribution in [0.2, 0.25) is 0 Å². The lowest BCUT2D eigenvalue weighted by molar-refractivity contribution is -0.903. The monoisotopic (exact) mass is 275 g/mol. The summed E-state index contributed by atoms with van der Waals surface area (Å²) >= 11 is 0. The molecule has 0 saturated carbocycles. The first kappa shape index (κ1) is 14.3. The van der Waals surface area contributed by atoms with Gasteiger partial charge in [0, 0.05) is 31.0 Å². The maximum atomic E-state index is 10.7. The molecule has 0 atom stereocenters. The summed E-state index contributed by atoms with van der Waals surface area (Å²) in [5, 5.41) is 23.2. The fourth-order valence-corrected chi connectivity index (χ4v) is 2.61. The van der Waals surface area contributed by atoms with Gasteiger partial charge in [-0.15, -0.1) is 0 Å². The third-order valence-corrected chi connectivity index (χ3v) is 3.89. The van der Waals surface area contributed by atoms with Crippen LogP contribution >= 0.6 is 0 Å². The second-order valence-electron chi connectivity index (χ2n) is 5.12. The zero-order chi connectivity index (χ0) is 14.5. The van der Waals surface area contributed by atoms with E-state index in [1.165, 1.54) is 12.1 Å². The highest BCUT2D eigenvalue weighted by molar-refractivity contribution is 5.61. The lowest BCUT2D eigenvalue weighted by Gasteiger charge is -2.29. The summed E-state index contributed by atoms with van der Waals surface area (Å²) in [7, 11) is 0. The number of likely N-dealkylation sites (tertiary alicyclic amines) is 1. The van der Waals surface area contributed by atoms with Crippen LogP contribution in [0.3, 0.4) is 0 Å². The molecule has 6 nitrogen and oxygen atoms in total. The standard InChI is InChI=1S/C14H18N4O2/c1-2-17-7-5-12(6-8-17)16-14-4-3-13(18(19)20)9-11(14)10-15/h3-4,9,12,16H,2,5-8H2,1H3/p+1. The number of nitro benzene ring substituents is 1. The van der Waals surface area contributed by atoms with Gasteiger partial charge in [0.2, 0.25) is 0 Å². The van der Waals surface area contributed by atoms with Gasteiger partial charge in [-0.1, -0.05) is 0 Å². The van der Waals surface area contributed by atoms with E-state index < -0.39 is 4.92 Å². The van der Waals surface area contributed by atoms with Crippen molar-refractivity contribution in [2.24, 2.45) is 0 Å². The fourth-order valence-electron chi connectivity index (χ4n) is 2.61. The van der Waals surface area contributed by atoms with E-state index >= 15 is 0 Å². The summed E-state index contributed by atoms with van der Waals surface area (Å²) in [5.41, 5.74) is 0.991. The molecular weight excluding hydrogens is 256 g/mol. The third kappa shape index (κ3) is 3.25. The Kier molecular flexibility index (Phi) is 4.53. The predicted molar refractivity (Wildman–Crippen MR) is 75.7 cm³/mol. The zero-order valence-electron chi connectivity index (χ0n) is 11.6. The topological polar surface area (TPSA) is 83.4 Å². The minimum Gasteiger partial charge on any atom is -0.381 e. The van der Waals surface area contributed by atoms with Crippen molar-refractivity contribution in [1.29, 1.82) is 5.26 Å². The number of rotatable bonds is 4. The molecule has 0 spiro atoms. The molecule has 20 heavy (non-hydrogen) atoms. The van der Waals surface area contributed by atoms with E-state index in [9.17, 15) is 10.1 Å². The number of nitriles is 1. The van der Waals surface area contributed by atoms with Crippen LogP contribution in [0.15, 0.2) is 18.2 Å². The number of nitrogens with one attached hydrogen (secondary N) is 2. The number of hydrogen-bond donors (Lipinski definition) is 2. The molecule has 6 heteroatoms. The van der Waals surface area contributed by atoms with Gasteiger partial charge in [-0.05, 0) is 13.0 Å². The summed E-state index contributed by atoms with van der Waals surface area (Å²) in [4.78, 5) is 11.8. The highest BCUT2D eigenvalue weighted by Gasteiger charge is 2.21. The van der Waals surface area contributed by atoms with Crippen LogP contribution < -0.4 is 10.2 Å². The van der Waals surface area contributed by atoms with Crippen LogP contribution in [0, 0.1) is 21.4 Å². The molecule has 2 rings (SSSR count). The first-order valence-electron chi connectivity index (χ1n) is 6.92. The Morgan fingerprint density at radius 3 is 2.75 bits per heavy atom. The SMILES string of the molecule is CC[NH+]1CCC(Nc2ccc([N+](=O)[O-])cc2C#N)CC1. The molecule has 0 radical (unpaired) electrons. The van der Waals surface area contributed by atoms with Crippen LogP contribution in [0.4, 0.5) is 11.4 Å². The Balaban J connectivity index is 2.06. The van der Waals surface area contributed by atoms with Crippen molar-refractivity contribution in [1.82, 2.24) is 0 Å². The molecule has 2 N–H and O–H groups in total. The highest BCUT2D eigenvalue weighted by atomic mass is 16.6. The van der Waals surface area contributed by atoms with E-state index in [0.29, 0.717) is 17.3 Å². The second kappa shape index (κ2) is 6.35. The fraction of sp³-hybridized carbons (Fsp3) is 0.500. The highest BCUT2D eigenvalue weighted by Crippen LogP contribution is 2.23. The molecule has 1 saturated heterocycles. The number of hydrogen-bond acceptors (Lipinski definition) is 4. The van der Waals surface area contributed by atoms with Crippen molar-refractivity contribution in [2.75, 3.05) is 25.0 Å². The van der Waals surface area contributed by atoms with E-state index in [1.54, 1.807) is 11.0 Å². The second-order valence-corrected chi connectivity index (χ2v) is 5.12. The van der Waals surface area contributed by atoms with Gasteiger partial charge in [0.25, 0.3) is 5.69 Å². The quantitative estimate of drug-likeness (QED) is 0.633. The van der Waals surface area contributed by atoms with Crippen LogP contribution in [0.5, 0.6) is 0 Å². The molecule has 0 amide bonds. The van der Waals surface area contributed by atoms with Crippen LogP contribution in [0.25, 0.3) is 0 Å². The Bertz CT molecular complexity index is 530. The Hall–Kier alpha value is -2.13. The average molecular weight is 275 g/mol. The molecule has 1 heterocycles. The van der Waals surface area contributed by atoms with E-state index in [4.69, 9.17) is 5.26 Å². The lowest BCUT2D eigenvalue weighted by Crippen LogP contribution is -3.13. The van der Waals surface area contributed by atoms with Crippen LogP contribution in [-0.2, 0) is 0 Å². The number of quaternary nitrogens is 1. The molecular formula is C14H19N4O2+.